The van der Waals surface area contributed by atoms with E-state index in [0.29, 0.717) is 6.42 Å². The van der Waals surface area contributed by atoms with E-state index in [0.717, 1.165) is 15.7 Å². The predicted molar refractivity (Wildman–Crippen MR) is 92.1 cm³/mol. The third-order valence-corrected chi connectivity index (χ3v) is 4.05. The zero-order valence-corrected chi connectivity index (χ0v) is 14.2. The molecule has 0 aromatic heterocycles. The van der Waals surface area contributed by atoms with E-state index in [4.69, 9.17) is 0 Å². The molecule has 0 saturated heterocycles. The maximum absolute atomic E-state index is 11.6. The van der Waals surface area contributed by atoms with Crippen molar-refractivity contribution in [2.75, 3.05) is 19.0 Å². The Morgan fingerprint density at radius 2 is 1.76 bits per heavy atom. The van der Waals surface area contributed by atoms with Gasteiger partial charge in [-0.15, -0.1) is 0 Å². The van der Waals surface area contributed by atoms with Crippen molar-refractivity contribution in [2.45, 2.75) is 19.3 Å². The Labute approximate surface area is 134 Å². The largest absolute Gasteiger partial charge is 0.378 e. The average molecular weight is 346 g/mol. The molecule has 0 amide bonds. The van der Waals surface area contributed by atoms with Crippen molar-refractivity contribution in [2.24, 2.45) is 0 Å². The molecule has 2 nitrogen and oxygen atoms in total. The highest BCUT2D eigenvalue weighted by atomic mass is 79.9. The van der Waals surface area contributed by atoms with E-state index in [1.807, 2.05) is 26.2 Å². The molecule has 0 fully saturated rings. The van der Waals surface area contributed by atoms with Crippen molar-refractivity contribution in [1.82, 2.24) is 0 Å². The molecule has 0 bridgehead atoms. The Hall–Kier alpha value is -1.61. The van der Waals surface area contributed by atoms with Crippen LogP contribution in [0.3, 0.4) is 0 Å². The number of anilines is 1. The first kappa shape index (κ1) is 15.8. The number of ketones is 1. The van der Waals surface area contributed by atoms with E-state index in [2.05, 4.69) is 57.2 Å². The average Bonchev–Trinajstić information content (AvgIpc) is 2.44. The number of carbonyl (C=O) groups is 1. The smallest absolute Gasteiger partial charge is 0.130 e. The van der Waals surface area contributed by atoms with Crippen LogP contribution in [0.25, 0.3) is 0 Å². The van der Waals surface area contributed by atoms with Crippen LogP contribution in [0.5, 0.6) is 0 Å². The number of nitrogens with zero attached hydrogens (tertiary/aromatic N) is 1. The molecule has 0 N–H and O–H groups in total. The van der Waals surface area contributed by atoms with E-state index < -0.39 is 0 Å². The van der Waals surface area contributed by atoms with E-state index in [1.165, 1.54) is 5.56 Å². The molecular formula is C18H20BrNO. The minimum atomic E-state index is 0.108. The highest BCUT2D eigenvalue weighted by molar-refractivity contribution is 9.10. The minimum absolute atomic E-state index is 0.108. The molecule has 0 aliphatic carbocycles. The molecule has 1 unspecified atom stereocenters. The highest BCUT2D eigenvalue weighted by Gasteiger charge is 2.16. The van der Waals surface area contributed by atoms with Crippen molar-refractivity contribution in [3.05, 3.63) is 64.1 Å². The Morgan fingerprint density at radius 1 is 1.10 bits per heavy atom. The van der Waals surface area contributed by atoms with Crippen LogP contribution in [0.15, 0.2) is 53.0 Å². The predicted octanol–water partition coefficient (Wildman–Crippen LogP) is 4.63. The molecule has 0 aliphatic heterocycles. The molecule has 0 heterocycles. The molecule has 21 heavy (non-hydrogen) atoms. The number of benzene rings is 2. The van der Waals surface area contributed by atoms with Gasteiger partial charge in [-0.2, -0.15) is 0 Å². The quantitative estimate of drug-likeness (QED) is 0.787. The fourth-order valence-corrected chi connectivity index (χ4v) is 2.86. The first-order valence-electron chi connectivity index (χ1n) is 6.99. The van der Waals surface area contributed by atoms with Crippen LogP contribution in [0.2, 0.25) is 0 Å². The van der Waals surface area contributed by atoms with Crippen LogP contribution in [-0.2, 0) is 4.79 Å². The van der Waals surface area contributed by atoms with Gasteiger partial charge in [0.15, 0.2) is 0 Å². The topological polar surface area (TPSA) is 20.3 Å². The van der Waals surface area contributed by atoms with Crippen molar-refractivity contribution in [1.29, 1.82) is 0 Å². The van der Waals surface area contributed by atoms with Crippen LogP contribution in [0, 0.1) is 0 Å². The third-order valence-electron chi connectivity index (χ3n) is 3.55. The van der Waals surface area contributed by atoms with Crippen molar-refractivity contribution in [3.63, 3.8) is 0 Å². The Bertz CT molecular complexity index is 619. The lowest BCUT2D eigenvalue weighted by Gasteiger charge is -2.19. The number of carbonyl (C=O) groups excluding carboxylic acids is 1. The van der Waals surface area contributed by atoms with E-state index in [-0.39, 0.29) is 11.7 Å². The summed E-state index contributed by atoms with van der Waals surface area (Å²) < 4.78 is 1.04. The molecule has 0 aliphatic rings. The number of rotatable bonds is 5. The summed E-state index contributed by atoms with van der Waals surface area (Å²) in [7, 11) is 4.05. The molecule has 0 spiro atoms. The second-order valence-electron chi connectivity index (χ2n) is 5.50. The van der Waals surface area contributed by atoms with Crippen LogP contribution in [0.4, 0.5) is 5.69 Å². The zero-order valence-electron chi connectivity index (χ0n) is 12.6. The van der Waals surface area contributed by atoms with Gasteiger partial charge in [0.25, 0.3) is 0 Å². The summed E-state index contributed by atoms with van der Waals surface area (Å²) in [5.41, 5.74) is 3.50. The second-order valence-corrected chi connectivity index (χ2v) is 6.42. The molecule has 110 valence electrons. The summed E-state index contributed by atoms with van der Waals surface area (Å²) in [6.07, 6.45) is 0.526. The van der Waals surface area contributed by atoms with E-state index in [9.17, 15) is 4.79 Å². The van der Waals surface area contributed by atoms with Gasteiger partial charge >= 0.3 is 0 Å². The van der Waals surface area contributed by atoms with Gasteiger partial charge in [0.1, 0.15) is 5.78 Å². The fraction of sp³-hybridized carbons (Fsp3) is 0.278. The van der Waals surface area contributed by atoms with Crippen LogP contribution in [-0.4, -0.2) is 19.9 Å². The number of hydrogen-bond acceptors (Lipinski definition) is 2. The summed E-state index contributed by atoms with van der Waals surface area (Å²) in [4.78, 5) is 13.7. The molecule has 3 heteroatoms. The second kappa shape index (κ2) is 6.90. The summed E-state index contributed by atoms with van der Waals surface area (Å²) in [6.45, 7) is 1.65. The standard InChI is InChI=1S/C18H20BrNO/c1-13(21)11-18(15-5-4-6-16(19)12-15)14-7-9-17(10-8-14)20(2)3/h4-10,12,18H,11H2,1-3H3. The van der Waals surface area contributed by atoms with Gasteiger partial charge in [-0.1, -0.05) is 40.2 Å². The van der Waals surface area contributed by atoms with Gasteiger partial charge in [0.05, 0.1) is 0 Å². The van der Waals surface area contributed by atoms with Crippen molar-refractivity contribution in [3.8, 4) is 0 Å². The molecule has 0 radical (unpaired) electrons. The number of hydrogen-bond donors (Lipinski definition) is 0. The van der Waals surface area contributed by atoms with E-state index >= 15 is 0 Å². The van der Waals surface area contributed by atoms with Crippen LogP contribution < -0.4 is 4.90 Å². The van der Waals surface area contributed by atoms with Crippen LogP contribution >= 0.6 is 15.9 Å². The summed E-state index contributed by atoms with van der Waals surface area (Å²) in [5, 5.41) is 0. The fourth-order valence-electron chi connectivity index (χ4n) is 2.44. The van der Waals surface area contributed by atoms with E-state index in [1.54, 1.807) is 6.92 Å². The summed E-state index contributed by atoms with van der Waals surface area (Å²) >= 11 is 3.51. The third kappa shape index (κ3) is 4.18. The lowest BCUT2D eigenvalue weighted by molar-refractivity contribution is -0.117. The van der Waals surface area contributed by atoms with Gasteiger partial charge < -0.3 is 4.90 Å². The molecule has 1 atom stereocenters. The molecule has 2 aromatic carbocycles. The maximum atomic E-state index is 11.6. The SMILES string of the molecule is CC(=O)CC(c1ccc(N(C)C)cc1)c1cccc(Br)c1. The van der Waals surface area contributed by atoms with Gasteiger partial charge in [-0.25, -0.2) is 0 Å². The minimum Gasteiger partial charge on any atom is -0.378 e. The summed E-state index contributed by atoms with van der Waals surface area (Å²) in [6, 6.07) is 16.6. The van der Waals surface area contributed by atoms with Gasteiger partial charge in [0, 0.05) is 36.6 Å². The first-order valence-corrected chi connectivity index (χ1v) is 7.79. The van der Waals surface area contributed by atoms with Gasteiger partial charge in [-0.3, -0.25) is 4.79 Å². The lowest BCUT2D eigenvalue weighted by Crippen LogP contribution is -2.10. The molecular weight excluding hydrogens is 326 g/mol. The van der Waals surface area contributed by atoms with Crippen LogP contribution in [0.1, 0.15) is 30.4 Å². The molecule has 2 rings (SSSR count). The Kier molecular flexibility index (Phi) is 5.18. The van der Waals surface area contributed by atoms with Gasteiger partial charge in [-0.05, 0) is 42.3 Å². The number of Topliss-reactive ketones (excluding diaryl/α,β-unsaturated/α-hetero) is 1. The molecule has 2 aromatic rings. The lowest BCUT2D eigenvalue weighted by atomic mass is 9.87. The van der Waals surface area contributed by atoms with Gasteiger partial charge in [0.2, 0.25) is 0 Å². The zero-order chi connectivity index (χ0) is 15.4. The Balaban J connectivity index is 2.38. The highest BCUT2D eigenvalue weighted by Crippen LogP contribution is 2.31. The normalized spacial score (nSPS) is 12.0. The Morgan fingerprint density at radius 3 is 2.29 bits per heavy atom. The van der Waals surface area contributed by atoms with Crippen molar-refractivity contribution < 1.29 is 4.79 Å². The first-order chi connectivity index (χ1) is 9.97. The summed E-state index contributed by atoms with van der Waals surface area (Å²) in [5.74, 6) is 0.313. The maximum Gasteiger partial charge on any atom is 0.130 e. The van der Waals surface area contributed by atoms with Crippen molar-refractivity contribution >= 4 is 27.4 Å². The monoisotopic (exact) mass is 345 g/mol. The number of halogens is 1. The molecule has 0 saturated carbocycles.